The number of esters is 1. The van der Waals surface area contributed by atoms with Gasteiger partial charge in [0.05, 0.1) is 29.4 Å². The Labute approximate surface area is 200 Å². The molecule has 0 aliphatic carbocycles. The van der Waals surface area contributed by atoms with Gasteiger partial charge in [-0.25, -0.2) is 4.98 Å². The second kappa shape index (κ2) is 11.0. The average molecular weight is 487 g/mol. The van der Waals surface area contributed by atoms with E-state index in [1.54, 1.807) is 47.3 Å². The molecule has 0 saturated heterocycles. The summed E-state index contributed by atoms with van der Waals surface area (Å²) in [4.78, 5) is 30.1. The summed E-state index contributed by atoms with van der Waals surface area (Å²) < 4.78 is 6.88. The first kappa shape index (κ1) is 24.4. The van der Waals surface area contributed by atoms with Gasteiger partial charge in [0.1, 0.15) is 23.4 Å². The highest BCUT2D eigenvalue weighted by Crippen LogP contribution is 2.24. The SMILES string of the molecule is C[C@@H](Cn1ccc(-c2ccc(C#N)c(Cl)c2)n1)NC(=O)c1csc(COC(=O)CN(C)C)n1. The molecular weight excluding hydrogens is 464 g/mol. The minimum absolute atomic E-state index is 0.0373. The fourth-order valence-corrected chi connectivity index (χ4v) is 3.84. The number of hydrogen-bond acceptors (Lipinski definition) is 8. The van der Waals surface area contributed by atoms with Crippen LogP contribution in [-0.2, 0) is 22.7 Å². The lowest BCUT2D eigenvalue weighted by molar-refractivity contribution is -0.145. The molecule has 0 spiro atoms. The Morgan fingerprint density at radius 1 is 1.36 bits per heavy atom. The second-order valence-corrected chi connectivity index (χ2v) is 8.98. The van der Waals surface area contributed by atoms with Crippen molar-refractivity contribution >= 4 is 34.8 Å². The first-order chi connectivity index (χ1) is 15.7. The van der Waals surface area contributed by atoms with Gasteiger partial charge in [-0.15, -0.1) is 11.3 Å². The van der Waals surface area contributed by atoms with Crippen molar-refractivity contribution in [3.8, 4) is 17.3 Å². The van der Waals surface area contributed by atoms with E-state index in [1.807, 2.05) is 25.3 Å². The molecule has 3 aromatic rings. The maximum atomic E-state index is 12.5. The number of carbonyl (C=O) groups is 2. The standard InChI is InChI=1S/C22H23ClN6O3S/c1-14(10-29-7-6-18(27-29)15-4-5-16(9-24)17(23)8-15)25-22(31)19-13-33-20(26-19)12-32-21(30)11-28(2)3/h4-8,13-14H,10-12H2,1-3H3,(H,25,31)/t14-/m0/s1. The number of nitriles is 1. The largest absolute Gasteiger partial charge is 0.457 e. The third kappa shape index (κ3) is 6.86. The molecule has 11 heteroatoms. The maximum Gasteiger partial charge on any atom is 0.320 e. The van der Waals surface area contributed by atoms with E-state index in [2.05, 4.69) is 15.4 Å². The van der Waals surface area contributed by atoms with Crippen LogP contribution in [0, 0.1) is 11.3 Å². The van der Waals surface area contributed by atoms with Crippen molar-refractivity contribution in [2.45, 2.75) is 26.1 Å². The van der Waals surface area contributed by atoms with E-state index in [4.69, 9.17) is 21.6 Å². The van der Waals surface area contributed by atoms with Gasteiger partial charge in [0.25, 0.3) is 5.91 Å². The third-order valence-corrected chi connectivity index (χ3v) is 5.59. The monoisotopic (exact) mass is 486 g/mol. The molecule has 3 rings (SSSR count). The van der Waals surface area contributed by atoms with Gasteiger partial charge in [-0.1, -0.05) is 17.7 Å². The van der Waals surface area contributed by atoms with E-state index >= 15 is 0 Å². The predicted molar refractivity (Wildman–Crippen MR) is 125 cm³/mol. The van der Waals surface area contributed by atoms with Gasteiger partial charge in [-0.05, 0) is 39.2 Å². The number of aromatic nitrogens is 3. The van der Waals surface area contributed by atoms with Gasteiger partial charge in [-0.3, -0.25) is 19.2 Å². The van der Waals surface area contributed by atoms with Crippen molar-refractivity contribution in [3.05, 3.63) is 57.1 Å². The summed E-state index contributed by atoms with van der Waals surface area (Å²) in [5, 5.41) is 19.0. The van der Waals surface area contributed by atoms with Crippen LogP contribution in [0.2, 0.25) is 5.02 Å². The Hall–Kier alpha value is -3.26. The number of thiazole rings is 1. The maximum absolute atomic E-state index is 12.5. The van der Waals surface area contributed by atoms with Crippen LogP contribution < -0.4 is 5.32 Å². The fraction of sp³-hybridized carbons (Fsp3) is 0.318. The lowest BCUT2D eigenvalue weighted by Gasteiger charge is -2.13. The molecule has 33 heavy (non-hydrogen) atoms. The minimum Gasteiger partial charge on any atom is -0.457 e. The molecule has 9 nitrogen and oxygen atoms in total. The van der Waals surface area contributed by atoms with Gasteiger partial charge in [0.15, 0.2) is 0 Å². The lowest BCUT2D eigenvalue weighted by Crippen LogP contribution is -2.36. The van der Waals surface area contributed by atoms with E-state index in [1.165, 1.54) is 11.3 Å². The average Bonchev–Trinajstić information content (AvgIpc) is 3.41. The van der Waals surface area contributed by atoms with Crippen molar-refractivity contribution < 1.29 is 14.3 Å². The topological polar surface area (TPSA) is 113 Å². The number of halogens is 1. The Morgan fingerprint density at radius 3 is 2.85 bits per heavy atom. The number of amides is 1. The number of hydrogen-bond donors (Lipinski definition) is 1. The molecule has 0 fully saturated rings. The molecule has 1 amide bonds. The van der Waals surface area contributed by atoms with E-state index in [0.717, 1.165) is 5.56 Å². The third-order valence-electron chi connectivity index (χ3n) is 4.45. The van der Waals surface area contributed by atoms with Crippen LogP contribution >= 0.6 is 22.9 Å². The number of benzene rings is 1. The van der Waals surface area contributed by atoms with Crippen molar-refractivity contribution in [3.63, 3.8) is 0 Å². The Kier molecular flexibility index (Phi) is 8.16. The molecular formula is C22H23ClN6O3S. The lowest BCUT2D eigenvalue weighted by atomic mass is 10.1. The van der Waals surface area contributed by atoms with Gasteiger partial charge in [-0.2, -0.15) is 10.4 Å². The normalized spacial score (nSPS) is 11.8. The van der Waals surface area contributed by atoms with Crippen molar-refractivity contribution in [2.75, 3.05) is 20.6 Å². The van der Waals surface area contributed by atoms with Gasteiger partial charge < -0.3 is 10.1 Å². The van der Waals surface area contributed by atoms with Gasteiger partial charge >= 0.3 is 5.97 Å². The number of nitrogens with one attached hydrogen (secondary N) is 1. The molecule has 172 valence electrons. The molecule has 0 unspecified atom stereocenters. The number of nitrogens with zero attached hydrogens (tertiary/aromatic N) is 5. The van der Waals surface area contributed by atoms with Crippen molar-refractivity contribution in [1.29, 1.82) is 5.26 Å². The molecule has 0 saturated carbocycles. The van der Waals surface area contributed by atoms with Crippen molar-refractivity contribution in [1.82, 2.24) is 25.0 Å². The Balaban J connectivity index is 1.53. The molecule has 1 aromatic carbocycles. The van der Waals surface area contributed by atoms with Gasteiger partial charge in [0, 0.05) is 23.2 Å². The van der Waals surface area contributed by atoms with E-state index in [-0.39, 0.29) is 36.8 Å². The first-order valence-corrected chi connectivity index (χ1v) is 11.3. The van der Waals surface area contributed by atoms with E-state index in [9.17, 15) is 9.59 Å². The molecule has 1 atom stereocenters. The molecule has 2 aromatic heterocycles. The Bertz CT molecular complexity index is 1180. The van der Waals surface area contributed by atoms with Crippen LogP contribution in [0.3, 0.4) is 0 Å². The van der Waals surface area contributed by atoms with Gasteiger partial charge in [0.2, 0.25) is 0 Å². The van der Waals surface area contributed by atoms with Crippen LogP contribution in [0.1, 0.15) is 28.0 Å². The van der Waals surface area contributed by atoms with Crippen LogP contribution in [-0.4, -0.2) is 58.2 Å². The summed E-state index contributed by atoms with van der Waals surface area (Å²) in [6, 6.07) is 8.82. The molecule has 0 aliphatic rings. The van der Waals surface area contributed by atoms with Crippen LogP contribution in [0.4, 0.5) is 0 Å². The summed E-state index contributed by atoms with van der Waals surface area (Å²) in [5.74, 6) is -0.660. The van der Waals surface area contributed by atoms with Crippen molar-refractivity contribution in [2.24, 2.45) is 0 Å². The highest BCUT2D eigenvalue weighted by atomic mass is 35.5. The molecule has 1 N–H and O–H groups in total. The van der Waals surface area contributed by atoms with Crippen LogP contribution in [0.15, 0.2) is 35.8 Å². The first-order valence-electron chi connectivity index (χ1n) is 10.0. The number of carbonyl (C=O) groups excluding carboxylic acids is 2. The quantitative estimate of drug-likeness (QED) is 0.462. The zero-order chi connectivity index (χ0) is 24.0. The predicted octanol–water partition coefficient (Wildman–Crippen LogP) is 2.95. The zero-order valence-electron chi connectivity index (χ0n) is 18.4. The molecule has 2 heterocycles. The Morgan fingerprint density at radius 2 is 2.15 bits per heavy atom. The number of rotatable bonds is 9. The summed E-state index contributed by atoms with van der Waals surface area (Å²) in [7, 11) is 3.56. The summed E-state index contributed by atoms with van der Waals surface area (Å²) in [6.45, 7) is 2.54. The van der Waals surface area contributed by atoms with E-state index in [0.29, 0.717) is 27.8 Å². The fourth-order valence-electron chi connectivity index (χ4n) is 2.93. The summed E-state index contributed by atoms with van der Waals surface area (Å²) >= 11 is 7.37. The molecule has 0 bridgehead atoms. The summed E-state index contributed by atoms with van der Waals surface area (Å²) in [6.07, 6.45) is 1.81. The number of ether oxygens (including phenoxy) is 1. The zero-order valence-corrected chi connectivity index (χ0v) is 20.0. The second-order valence-electron chi connectivity index (χ2n) is 7.63. The molecule has 0 aliphatic heterocycles. The highest BCUT2D eigenvalue weighted by molar-refractivity contribution is 7.09. The van der Waals surface area contributed by atoms with Crippen LogP contribution in [0.25, 0.3) is 11.3 Å². The highest BCUT2D eigenvalue weighted by Gasteiger charge is 2.16. The van der Waals surface area contributed by atoms with E-state index < -0.39 is 0 Å². The van der Waals surface area contributed by atoms with Crippen LogP contribution in [0.5, 0.6) is 0 Å². The number of likely N-dealkylation sites (N-methyl/N-ethyl adjacent to an activating group) is 1. The smallest absolute Gasteiger partial charge is 0.320 e. The minimum atomic E-state index is -0.350. The molecule has 0 radical (unpaired) electrons. The summed E-state index contributed by atoms with van der Waals surface area (Å²) in [5.41, 5.74) is 2.20.